The number of sulfonamides is 1. The van der Waals surface area contributed by atoms with Gasteiger partial charge in [-0.2, -0.15) is 4.31 Å². The second-order valence-corrected chi connectivity index (χ2v) is 14.2. The Morgan fingerprint density at radius 1 is 1.04 bits per heavy atom. The number of likely N-dealkylation sites (N-methyl/N-ethyl adjacent to an activating group) is 1. The van der Waals surface area contributed by atoms with E-state index in [1.165, 1.54) is 41.7 Å². The van der Waals surface area contributed by atoms with Crippen LogP contribution < -0.4 is 10.6 Å². The topological polar surface area (TPSA) is 128 Å². The van der Waals surface area contributed by atoms with Crippen LogP contribution in [0.5, 0.6) is 0 Å². The summed E-state index contributed by atoms with van der Waals surface area (Å²) in [6.07, 6.45) is -1.04. The maximum Gasteiger partial charge on any atom is 0.407 e. The quantitative estimate of drug-likeness (QED) is 0.281. The molecule has 0 aliphatic carbocycles. The van der Waals surface area contributed by atoms with Crippen molar-refractivity contribution >= 4 is 27.7 Å². The Labute approximate surface area is 277 Å². The Hall–Kier alpha value is -3.98. The van der Waals surface area contributed by atoms with Crippen LogP contribution in [0.2, 0.25) is 0 Å². The molecule has 3 N–H and O–H groups in total. The minimum atomic E-state index is -3.88. The Bertz CT molecular complexity index is 1720. The van der Waals surface area contributed by atoms with Crippen LogP contribution in [0.3, 0.4) is 0 Å². The van der Waals surface area contributed by atoms with Crippen LogP contribution in [-0.2, 0) is 31.4 Å². The van der Waals surface area contributed by atoms with Gasteiger partial charge in [0.25, 0.3) is 0 Å². The largest absolute Gasteiger partial charge is 0.465 e. The molecule has 3 aromatic rings. The summed E-state index contributed by atoms with van der Waals surface area (Å²) in [5, 5.41) is 16.0. The third-order valence-corrected chi connectivity index (χ3v) is 11.4. The molecule has 2 fully saturated rings. The van der Waals surface area contributed by atoms with E-state index in [1.807, 2.05) is 0 Å². The van der Waals surface area contributed by atoms with Gasteiger partial charge >= 0.3 is 6.09 Å². The van der Waals surface area contributed by atoms with E-state index in [4.69, 9.17) is 4.74 Å². The SMILES string of the molecule is C[C@H]1CNC[C@H](CCc2c(F)cccc2NC(=O)[C@@H](N(C)C(=O)O)C2(c3cc(F)cc(F)c3)CCOCC2)N1S(=O)(=O)c1ccccc1. The summed E-state index contributed by atoms with van der Waals surface area (Å²) >= 11 is 0. The highest BCUT2D eigenvalue weighted by atomic mass is 32.2. The summed E-state index contributed by atoms with van der Waals surface area (Å²) in [4.78, 5) is 27.5. The van der Waals surface area contributed by atoms with E-state index in [1.54, 1.807) is 25.1 Å². The molecule has 0 saturated carbocycles. The molecule has 2 aliphatic rings. The minimum Gasteiger partial charge on any atom is -0.465 e. The van der Waals surface area contributed by atoms with E-state index in [2.05, 4.69) is 10.6 Å². The van der Waals surface area contributed by atoms with Crippen molar-refractivity contribution in [3.63, 3.8) is 0 Å². The number of anilines is 1. The van der Waals surface area contributed by atoms with Gasteiger partial charge < -0.3 is 20.5 Å². The molecule has 0 unspecified atom stereocenters. The molecule has 2 amide bonds. The minimum absolute atomic E-state index is 0.0374. The summed E-state index contributed by atoms with van der Waals surface area (Å²) in [6.45, 7) is 2.77. The number of benzene rings is 3. The average Bonchev–Trinajstić information content (AvgIpc) is 3.05. The van der Waals surface area contributed by atoms with Crippen LogP contribution in [0.25, 0.3) is 0 Å². The van der Waals surface area contributed by atoms with E-state index in [0.717, 1.165) is 17.0 Å². The third kappa shape index (κ3) is 7.21. The van der Waals surface area contributed by atoms with Crippen LogP contribution in [-0.4, -0.2) is 86.2 Å². The lowest BCUT2D eigenvalue weighted by molar-refractivity contribution is -0.124. The molecular weight excluding hydrogens is 649 g/mol. The first-order valence-corrected chi connectivity index (χ1v) is 17.2. The maximum absolute atomic E-state index is 15.5. The first kappa shape index (κ1) is 35.3. The predicted molar refractivity (Wildman–Crippen MR) is 173 cm³/mol. The van der Waals surface area contributed by atoms with E-state index in [0.29, 0.717) is 19.2 Å². The molecule has 0 bridgehead atoms. The number of nitrogens with one attached hydrogen (secondary N) is 2. The molecule has 2 heterocycles. The van der Waals surface area contributed by atoms with Gasteiger partial charge in [0.1, 0.15) is 23.5 Å². The number of carboxylic acid groups (broad SMARTS) is 1. The van der Waals surface area contributed by atoms with Gasteiger partial charge in [0.15, 0.2) is 0 Å². The van der Waals surface area contributed by atoms with Crippen molar-refractivity contribution in [1.82, 2.24) is 14.5 Å². The fourth-order valence-electron chi connectivity index (χ4n) is 7.02. The number of halogens is 3. The fourth-order valence-corrected chi connectivity index (χ4v) is 8.89. The standard InChI is InChI=1S/C34H39F3N4O6S/c1-22-20-38-21-26(41(22)48(45,46)27-7-4-3-5-8-27)11-12-28-29(37)9-6-10-30(28)39-32(42)31(40(2)33(43)44)34(13-15-47-16-14-34)23-17-24(35)19-25(36)18-23/h3-10,17-19,22,26,31,38H,11-16,20-21H2,1-2H3,(H,39,42)(H,43,44)/t22-,26-,31+/m0/s1. The molecule has 14 heteroatoms. The summed E-state index contributed by atoms with van der Waals surface area (Å²) < 4.78 is 78.8. The van der Waals surface area contributed by atoms with Crippen LogP contribution >= 0.6 is 0 Å². The highest BCUT2D eigenvalue weighted by Gasteiger charge is 2.49. The Morgan fingerprint density at radius 2 is 1.71 bits per heavy atom. The summed E-state index contributed by atoms with van der Waals surface area (Å²) in [5.41, 5.74) is -1.08. The second-order valence-electron chi connectivity index (χ2n) is 12.3. The number of piperazine rings is 1. The number of nitrogens with zero attached hydrogens (tertiary/aromatic N) is 2. The van der Waals surface area contributed by atoms with Crippen LogP contribution in [0, 0.1) is 17.5 Å². The van der Waals surface area contributed by atoms with Gasteiger partial charge in [-0.1, -0.05) is 24.3 Å². The summed E-state index contributed by atoms with van der Waals surface area (Å²) in [7, 11) is -2.68. The molecule has 3 atom stereocenters. The molecule has 5 rings (SSSR count). The predicted octanol–water partition coefficient (Wildman–Crippen LogP) is 4.75. The van der Waals surface area contributed by atoms with Gasteiger partial charge in [-0.15, -0.1) is 0 Å². The van der Waals surface area contributed by atoms with Gasteiger partial charge in [-0.25, -0.2) is 26.4 Å². The lowest BCUT2D eigenvalue weighted by Crippen LogP contribution is -2.59. The van der Waals surface area contributed by atoms with Gasteiger partial charge in [0.05, 0.1) is 4.90 Å². The van der Waals surface area contributed by atoms with E-state index >= 15 is 4.39 Å². The van der Waals surface area contributed by atoms with Crippen molar-refractivity contribution < 1.29 is 41.0 Å². The molecule has 48 heavy (non-hydrogen) atoms. The third-order valence-electron chi connectivity index (χ3n) is 9.32. The lowest BCUT2D eigenvalue weighted by Gasteiger charge is -2.45. The number of ether oxygens (including phenoxy) is 1. The average molecular weight is 689 g/mol. The van der Waals surface area contributed by atoms with Crippen molar-refractivity contribution in [3.8, 4) is 0 Å². The molecule has 2 saturated heterocycles. The lowest BCUT2D eigenvalue weighted by atomic mass is 9.67. The Kier molecular flexibility index (Phi) is 10.8. The van der Waals surface area contributed by atoms with Crippen molar-refractivity contribution in [3.05, 3.63) is 95.3 Å². The van der Waals surface area contributed by atoms with Crippen molar-refractivity contribution in [1.29, 1.82) is 0 Å². The van der Waals surface area contributed by atoms with Gasteiger partial charge in [-0.05, 0) is 74.6 Å². The highest BCUT2D eigenvalue weighted by Crippen LogP contribution is 2.41. The smallest absolute Gasteiger partial charge is 0.407 e. The fraction of sp³-hybridized carbons (Fsp3) is 0.412. The van der Waals surface area contributed by atoms with E-state index < -0.39 is 57.0 Å². The normalized spacial score (nSPS) is 20.5. The van der Waals surface area contributed by atoms with Crippen molar-refractivity contribution in [2.45, 2.75) is 61.0 Å². The monoisotopic (exact) mass is 688 g/mol. The molecule has 10 nitrogen and oxygen atoms in total. The zero-order chi connectivity index (χ0) is 34.6. The number of carbonyl (C=O) groups is 2. The number of carbonyl (C=O) groups excluding carboxylic acids is 1. The van der Waals surface area contributed by atoms with Crippen molar-refractivity contribution in [2.24, 2.45) is 0 Å². The highest BCUT2D eigenvalue weighted by molar-refractivity contribution is 7.89. The first-order chi connectivity index (χ1) is 22.8. The van der Waals surface area contributed by atoms with Crippen LogP contribution in [0.15, 0.2) is 71.6 Å². The number of rotatable bonds is 10. The van der Waals surface area contributed by atoms with Crippen LogP contribution in [0.1, 0.15) is 37.3 Å². The summed E-state index contributed by atoms with van der Waals surface area (Å²) in [5.74, 6) is -3.22. The Balaban J connectivity index is 1.46. The zero-order valence-electron chi connectivity index (χ0n) is 26.7. The zero-order valence-corrected chi connectivity index (χ0v) is 27.5. The van der Waals surface area contributed by atoms with E-state index in [9.17, 15) is 31.9 Å². The maximum atomic E-state index is 15.5. The number of hydrogen-bond donors (Lipinski definition) is 3. The first-order valence-electron chi connectivity index (χ1n) is 15.7. The van der Waals surface area contributed by atoms with Gasteiger partial charge in [-0.3, -0.25) is 9.69 Å². The van der Waals surface area contributed by atoms with Gasteiger partial charge in [0, 0.05) is 68.2 Å². The molecule has 3 aromatic carbocycles. The van der Waals surface area contributed by atoms with Crippen molar-refractivity contribution in [2.75, 3.05) is 38.7 Å². The molecule has 0 radical (unpaired) electrons. The Morgan fingerprint density at radius 3 is 2.35 bits per heavy atom. The van der Waals surface area contributed by atoms with Crippen LogP contribution in [0.4, 0.5) is 23.7 Å². The molecular formula is C34H39F3N4O6S. The number of hydrogen-bond acceptors (Lipinski definition) is 6. The molecule has 0 aromatic heterocycles. The molecule has 0 spiro atoms. The van der Waals surface area contributed by atoms with E-state index in [-0.39, 0.29) is 66.6 Å². The second kappa shape index (κ2) is 14.6. The van der Waals surface area contributed by atoms with Gasteiger partial charge in [0.2, 0.25) is 15.9 Å². The molecule has 258 valence electrons. The number of amides is 2. The summed E-state index contributed by atoms with van der Waals surface area (Å²) in [6, 6.07) is 12.6. The molecule has 2 aliphatic heterocycles.